The van der Waals surface area contributed by atoms with Gasteiger partial charge in [-0.3, -0.25) is 4.79 Å². The summed E-state index contributed by atoms with van der Waals surface area (Å²) in [7, 11) is 0. The first-order valence-electron chi connectivity index (χ1n) is 7.36. The van der Waals surface area contributed by atoms with Crippen LogP contribution in [-0.2, 0) is 4.74 Å². The third-order valence-corrected chi connectivity index (χ3v) is 3.29. The topological polar surface area (TPSA) is 81.4 Å². The maximum atomic E-state index is 12.4. The van der Waals surface area contributed by atoms with E-state index in [2.05, 4.69) is 5.32 Å². The lowest BCUT2D eigenvalue weighted by atomic mass is 10.1. The molecule has 126 valence electrons. The first kappa shape index (κ1) is 17.8. The molecule has 2 aromatic carbocycles. The molecule has 5 nitrogen and oxygen atoms in total. The van der Waals surface area contributed by atoms with Crippen LogP contribution in [0.25, 0.3) is 0 Å². The average Bonchev–Trinajstić information content (AvgIpc) is 2.47. The maximum Gasteiger partial charge on any atom is 0.340 e. The molecule has 0 saturated carbocycles. The Morgan fingerprint density at radius 1 is 1.08 bits per heavy atom. The van der Waals surface area contributed by atoms with E-state index in [1.807, 2.05) is 0 Å². The number of benzene rings is 2. The second kappa shape index (κ2) is 6.93. The fourth-order valence-electron chi connectivity index (χ4n) is 2.02. The highest BCUT2D eigenvalue weighted by Crippen LogP contribution is 2.24. The number of carbonyl (C=O) groups is 2. The molecule has 0 aromatic heterocycles. The van der Waals surface area contributed by atoms with Gasteiger partial charge in [0.15, 0.2) is 0 Å². The number of halogens is 1. The van der Waals surface area contributed by atoms with Crippen LogP contribution in [0.4, 0.5) is 11.4 Å². The van der Waals surface area contributed by atoms with Gasteiger partial charge >= 0.3 is 5.97 Å². The molecule has 2 rings (SSSR count). The number of nitrogens with two attached hydrogens (primary N) is 1. The van der Waals surface area contributed by atoms with Crippen molar-refractivity contribution in [2.24, 2.45) is 0 Å². The number of rotatable bonds is 3. The van der Waals surface area contributed by atoms with Gasteiger partial charge in [0, 0.05) is 10.7 Å². The van der Waals surface area contributed by atoms with Gasteiger partial charge in [0.25, 0.3) is 5.91 Å². The second-order valence-electron chi connectivity index (χ2n) is 6.23. The van der Waals surface area contributed by atoms with Crippen LogP contribution in [0.1, 0.15) is 41.5 Å². The lowest BCUT2D eigenvalue weighted by Gasteiger charge is -2.21. The monoisotopic (exact) mass is 346 g/mol. The van der Waals surface area contributed by atoms with E-state index in [1.54, 1.807) is 57.2 Å². The smallest absolute Gasteiger partial charge is 0.340 e. The molecule has 3 N–H and O–H groups in total. The van der Waals surface area contributed by atoms with Gasteiger partial charge in [-0.1, -0.05) is 23.7 Å². The molecule has 0 heterocycles. The molecular weight excluding hydrogens is 328 g/mol. The van der Waals surface area contributed by atoms with Crippen LogP contribution in [0.5, 0.6) is 0 Å². The predicted molar refractivity (Wildman–Crippen MR) is 95.4 cm³/mol. The van der Waals surface area contributed by atoms with E-state index in [1.165, 1.54) is 6.07 Å². The van der Waals surface area contributed by atoms with Gasteiger partial charge in [-0.2, -0.15) is 0 Å². The Labute approximate surface area is 145 Å². The molecule has 0 aliphatic heterocycles. The molecule has 6 heteroatoms. The van der Waals surface area contributed by atoms with Crippen LogP contribution in [0.15, 0.2) is 42.5 Å². The quantitative estimate of drug-likeness (QED) is 0.646. The average molecular weight is 347 g/mol. The Hall–Kier alpha value is -2.53. The summed E-state index contributed by atoms with van der Waals surface area (Å²) in [5.41, 5.74) is 6.30. The SMILES string of the molecule is CC(C)(C)OC(=O)c1cc(Cl)ccc1NC(=O)c1ccccc1N. The van der Waals surface area contributed by atoms with Crippen molar-refractivity contribution in [3.63, 3.8) is 0 Å². The Morgan fingerprint density at radius 2 is 1.75 bits per heavy atom. The number of hydrogen-bond acceptors (Lipinski definition) is 4. The maximum absolute atomic E-state index is 12.4. The minimum absolute atomic E-state index is 0.181. The number of nitrogens with one attached hydrogen (secondary N) is 1. The number of esters is 1. The summed E-state index contributed by atoms with van der Waals surface area (Å²) in [6.45, 7) is 5.29. The van der Waals surface area contributed by atoms with E-state index in [-0.39, 0.29) is 5.56 Å². The molecule has 0 radical (unpaired) electrons. The van der Waals surface area contributed by atoms with E-state index in [0.29, 0.717) is 22.0 Å². The van der Waals surface area contributed by atoms with Crippen molar-refractivity contribution in [2.75, 3.05) is 11.1 Å². The third-order valence-electron chi connectivity index (χ3n) is 3.05. The molecule has 0 unspecified atom stereocenters. The number of para-hydroxylation sites is 1. The van der Waals surface area contributed by atoms with Crippen molar-refractivity contribution in [1.29, 1.82) is 0 Å². The summed E-state index contributed by atoms with van der Waals surface area (Å²) in [4.78, 5) is 24.8. The fraction of sp³-hybridized carbons (Fsp3) is 0.222. The Morgan fingerprint density at radius 3 is 2.38 bits per heavy atom. The van der Waals surface area contributed by atoms with Crippen LogP contribution in [-0.4, -0.2) is 17.5 Å². The van der Waals surface area contributed by atoms with Gasteiger partial charge in [-0.15, -0.1) is 0 Å². The Balaban J connectivity index is 2.32. The Bertz CT molecular complexity index is 782. The highest BCUT2D eigenvalue weighted by molar-refractivity contribution is 6.31. The number of ether oxygens (including phenoxy) is 1. The summed E-state index contributed by atoms with van der Waals surface area (Å²) < 4.78 is 5.36. The molecule has 1 amide bonds. The van der Waals surface area contributed by atoms with Crippen LogP contribution in [0, 0.1) is 0 Å². The molecule has 0 aliphatic rings. The van der Waals surface area contributed by atoms with Crippen molar-refractivity contribution in [2.45, 2.75) is 26.4 Å². The molecule has 0 aliphatic carbocycles. The Kier molecular flexibility index (Phi) is 5.14. The van der Waals surface area contributed by atoms with Crippen molar-refractivity contribution in [1.82, 2.24) is 0 Å². The first-order valence-corrected chi connectivity index (χ1v) is 7.74. The molecule has 24 heavy (non-hydrogen) atoms. The van der Waals surface area contributed by atoms with E-state index in [4.69, 9.17) is 22.1 Å². The van der Waals surface area contributed by atoms with E-state index >= 15 is 0 Å². The molecule has 0 saturated heterocycles. The molecule has 0 bridgehead atoms. The van der Waals surface area contributed by atoms with E-state index < -0.39 is 17.5 Å². The summed E-state index contributed by atoms with van der Waals surface area (Å²) in [5.74, 6) is -0.985. The number of amides is 1. The minimum Gasteiger partial charge on any atom is -0.456 e. The second-order valence-corrected chi connectivity index (χ2v) is 6.67. The van der Waals surface area contributed by atoms with Crippen LogP contribution in [0.3, 0.4) is 0 Å². The fourth-order valence-corrected chi connectivity index (χ4v) is 2.19. The predicted octanol–water partition coefficient (Wildman–Crippen LogP) is 4.13. The van der Waals surface area contributed by atoms with Gasteiger partial charge in [0.1, 0.15) is 5.60 Å². The largest absolute Gasteiger partial charge is 0.456 e. The third kappa shape index (κ3) is 4.49. The number of hydrogen-bond donors (Lipinski definition) is 2. The van der Waals surface area contributed by atoms with Crippen molar-refractivity contribution in [3.8, 4) is 0 Å². The zero-order valence-corrected chi connectivity index (χ0v) is 14.5. The molecule has 0 spiro atoms. The summed E-state index contributed by atoms with van der Waals surface area (Å²) in [6.07, 6.45) is 0. The van der Waals surface area contributed by atoms with Gasteiger partial charge in [-0.25, -0.2) is 4.79 Å². The summed E-state index contributed by atoms with van der Waals surface area (Å²) >= 11 is 5.97. The van der Waals surface area contributed by atoms with Crippen LogP contribution >= 0.6 is 11.6 Å². The molecular formula is C18H19ClN2O3. The standard InChI is InChI=1S/C18H19ClN2O3/c1-18(2,3)24-17(23)13-10-11(19)8-9-15(13)21-16(22)12-6-4-5-7-14(12)20/h4-10H,20H2,1-3H3,(H,21,22). The first-order chi connectivity index (χ1) is 11.2. The zero-order valence-electron chi connectivity index (χ0n) is 13.7. The van der Waals surface area contributed by atoms with Crippen LogP contribution in [0.2, 0.25) is 5.02 Å². The summed E-state index contributed by atoms with van der Waals surface area (Å²) in [5, 5.41) is 3.05. The zero-order chi connectivity index (χ0) is 17.9. The van der Waals surface area contributed by atoms with Gasteiger partial charge in [-0.05, 0) is 51.1 Å². The van der Waals surface area contributed by atoms with E-state index in [9.17, 15) is 9.59 Å². The lowest BCUT2D eigenvalue weighted by Crippen LogP contribution is -2.25. The molecule has 0 fully saturated rings. The van der Waals surface area contributed by atoms with E-state index in [0.717, 1.165) is 0 Å². The van der Waals surface area contributed by atoms with Gasteiger partial charge in [0.2, 0.25) is 0 Å². The van der Waals surface area contributed by atoms with Gasteiger partial charge < -0.3 is 15.8 Å². The van der Waals surface area contributed by atoms with Crippen molar-refractivity contribution < 1.29 is 14.3 Å². The number of nitrogen functional groups attached to an aromatic ring is 1. The highest BCUT2D eigenvalue weighted by atomic mass is 35.5. The van der Waals surface area contributed by atoms with Gasteiger partial charge in [0.05, 0.1) is 16.8 Å². The lowest BCUT2D eigenvalue weighted by molar-refractivity contribution is 0.00708. The summed E-state index contributed by atoms with van der Waals surface area (Å²) in [6, 6.07) is 11.3. The normalized spacial score (nSPS) is 11.0. The molecule has 0 atom stereocenters. The van der Waals surface area contributed by atoms with Crippen molar-refractivity contribution in [3.05, 3.63) is 58.6 Å². The van der Waals surface area contributed by atoms with Crippen molar-refractivity contribution >= 4 is 34.9 Å². The molecule has 2 aromatic rings. The number of carbonyl (C=O) groups excluding carboxylic acids is 2. The minimum atomic E-state index is -0.662. The highest BCUT2D eigenvalue weighted by Gasteiger charge is 2.22. The number of anilines is 2. The van der Waals surface area contributed by atoms with Crippen LogP contribution < -0.4 is 11.1 Å².